The molecule has 0 amide bonds. The molecular formula is C11H11ClOS. The molecule has 0 aliphatic heterocycles. The largest absolute Gasteiger partial charge is 0.469 e. The zero-order chi connectivity index (χ0) is 9.97. The van der Waals surface area contributed by atoms with Crippen LogP contribution < -0.4 is 0 Å². The molecule has 2 heterocycles. The van der Waals surface area contributed by atoms with Crippen LogP contribution in [0.1, 0.15) is 21.6 Å². The fourth-order valence-corrected chi connectivity index (χ4v) is 2.67. The minimum absolute atomic E-state index is 0.0207. The predicted octanol–water partition coefficient (Wildman–Crippen LogP) is 4.17. The molecule has 74 valence electrons. The first kappa shape index (κ1) is 9.81. The highest BCUT2D eigenvalue weighted by molar-refractivity contribution is 7.09. The van der Waals surface area contributed by atoms with Gasteiger partial charge in [0.1, 0.15) is 5.76 Å². The fourth-order valence-electron chi connectivity index (χ4n) is 1.44. The lowest BCUT2D eigenvalue weighted by Gasteiger charge is -2.06. The summed E-state index contributed by atoms with van der Waals surface area (Å²) in [5, 5.41) is 2.09. The lowest BCUT2D eigenvalue weighted by atomic mass is 10.1. The molecule has 2 aromatic rings. The van der Waals surface area contributed by atoms with E-state index in [0.29, 0.717) is 0 Å². The lowest BCUT2D eigenvalue weighted by molar-refractivity contribution is 0.529. The highest BCUT2D eigenvalue weighted by Gasteiger charge is 2.13. The van der Waals surface area contributed by atoms with Gasteiger partial charge in [-0.15, -0.1) is 22.9 Å². The molecule has 1 unspecified atom stereocenters. The molecular weight excluding hydrogens is 216 g/mol. The van der Waals surface area contributed by atoms with Crippen molar-refractivity contribution in [2.45, 2.75) is 18.7 Å². The van der Waals surface area contributed by atoms with Crippen molar-refractivity contribution in [1.82, 2.24) is 0 Å². The topological polar surface area (TPSA) is 13.1 Å². The second-order valence-corrected chi connectivity index (χ2v) is 4.74. The Kier molecular flexibility index (Phi) is 2.94. The number of hydrogen-bond acceptors (Lipinski definition) is 2. The van der Waals surface area contributed by atoms with Gasteiger partial charge in [-0.2, -0.15) is 0 Å². The van der Waals surface area contributed by atoms with Gasteiger partial charge < -0.3 is 4.42 Å². The molecule has 0 N–H and O–H groups in total. The van der Waals surface area contributed by atoms with Crippen LogP contribution >= 0.6 is 22.9 Å². The Bertz CT molecular complexity index is 391. The summed E-state index contributed by atoms with van der Waals surface area (Å²) >= 11 is 8.03. The average Bonchev–Trinajstić information content (AvgIpc) is 2.75. The molecule has 2 rings (SSSR count). The number of hydrogen-bond donors (Lipinski definition) is 0. The number of furan rings is 1. The van der Waals surface area contributed by atoms with Gasteiger partial charge in [-0.1, -0.05) is 6.07 Å². The van der Waals surface area contributed by atoms with Crippen LogP contribution in [0.3, 0.4) is 0 Å². The van der Waals surface area contributed by atoms with Crippen molar-refractivity contribution in [3.05, 3.63) is 46.0 Å². The first-order valence-corrected chi connectivity index (χ1v) is 5.79. The maximum absolute atomic E-state index is 6.29. The summed E-state index contributed by atoms with van der Waals surface area (Å²) in [6, 6.07) is 6.10. The van der Waals surface area contributed by atoms with Crippen molar-refractivity contribution >= 4 is 22.9 Å². The third kappa shape index (κ3) is 2.02. The Hall–Kier alpha value is -0.730. The van der Waals surface area contributed by atoms with Gasteiger partial charge in [0.25, 0.3) is 0 Å². The van der Waals surface area contributed by atoms with Crippen molar-refractivity contribution in [2.24, 2.45) is 0 Å². The standard InChI is InChI=1S/C11H11ClOS/c1-8-10(4-5-13-8)11(12)7-9-3-2-6-14-9/h2-6,11H,7H2,1H3. The van der Waals surface area contributed by atoms with Crippen molar-refractivity contribution in [1.29, 1.82) is 0 Å². The van der Waals surface area contributed by atoms with Crippen LogP contribution in [0, 0.1) is 6.92 Å². The average molecular weight is 227 g/mol. The highest BCUT2D eigenvalue weighted by atomic mass is 35.5. The maximum atomic E-state index is 6.29. The number of thiophene rings is 1. The second-order valence-electron chi connectivity index (χ2n) is 3.18. The minimum Gasteiger partial charge on any atom is -0.469 e. The van der Waals surface area contributed by atoms with E-state index in [1.807, 2.05) is 19.1 Å². The van der Waals surface area contributed by atoms with Crippen LogP contribution in [-0.2, 0) is 6.42 Å². The van der Waals surface area contributed by atoms with Crippen LogP contribution in [-0.4, -0.2) is 0 Å². The SMILES string of the molecule is Cc1occc1C(Cl)Cc1cccs1. The van der Waals surface area contributed by atoms with Gasteiger partial charge in [-0.05, 0) is 24.4 Å². The Balaban J connectivity index is 2.10. The first-order valence-electron chi connectivity index (χ1n) is 4.48. The predicted molar refractivity (Wildman–Crippen MR) is 60.1 cm³/mol. The van der Waals surface area contributed by atoms with E-state index >= 15 is 0 Å². The van der Waals surface area contributed by atoms with Gasteiger partial charge in [0, 0.05) is 16.9 Å². The van der Waals surface area contributed by atoms with E-state index in [2.05, 4.69) is 11.4 Å². The summed E-state index contributed by atoms with van der Waals surface area (Å²) in [5.41, 5.74) is 1.10. The van der Waals surface area contributed by atoms with Crippen LogP contribution in [0.15, 0.2) is 34.3 Å². The summed E-state index contributed by atoms with van der Waals surface area (Å²) in [6.07, 6.45) is 2.56. The minimum atomic E-state index is 0.0207. The second kappa shape index (κ2) is 4.20. The first-order chi connectivity index (χ1) is 6.77. The molecule has 2 aromatic heterocycles. The quantitative estimate of drug-likeness (QED) is 0.716. The Morgan fingerprint density at radius 3 is 2.93 bits per heavy atom. The fraction of sp³-hybridized carbons (Fsp3) is 0.273. The van der Waals surface area contributed by atoms with Crippen LogP contribution in [0.2, 0.25) is 0 Å². The number of alkyl halides is 1. The molecule has 0 fully saturated rings. The molecule has 0 aliphatic rings. The molecule has 0 bridgehead atoms. The van der Waals surface area contributed by atoms with Crippen molar-refractivity contribution in [2.75, 3.05) is 0 Å². The third-order valence-corrected chi connectivity index (χ3v) is 3.49. The molecule has 1 nitrogen and oxygen atoms in total. The van der Waals surface area contributed by atoms with Crippen LogP contribution in [0.5, 0.6) is 0 Å². The van der Waals surface area contributed by atoms with E-state index < -0.39 is 0 Å². The zero-order valence-electron chi connectivity index (χ0n) is 7.87. The van der Waals surface area contributed by atoms with Gasteiger partial charge in [-0.25, -0.2) is 0 Å². The summed E-state index contributed by atoms with van der Waals surface area (Å²) in [7, 11) is 0. The van der Waals surface area contributed by atoms with Gasteiger partial charge in [0.05, 0.1) is 11.6 Å². The van der Waals surface area contributed by atoms with Crippen LogP contribution in [0.25, 0.3) is 0 Å². The van der Waals surface area contributed by atoms with E-state index in [1.165, 1.54) is 4.88 Å². The van der Waals surface area contributed by atoms with E-state index in [-0.39, 0.29) is 5.38 Å². The number of rotatable bonds is 3. The highest BCUT2D eigenvalue weighted by Crippen LogP contribution is 2.29. The van der Waals surface area contributed by atoms with Gasteiger partial charge in [0.2, 0.25) is 0 Å². The molecule has 0 saturated heterocycles. The Morgan fingerprint density at radius 2 is 2.36 bits per heavy atom. The third-order valence-electron chi connectivity index (χ3n) is 2.20. The van der Waals surface area contributed by atoms with Gasteiger partial charge >= 0.3 is 0 Å². The van der Waals surface area contributed by atoms with E-state index in [1.54, 1.807) is 17.6 Å². The number of aryl methyl sites for hydroxylation is 1. The van der Waals surface area contributed by atoms with Crippen molar-refractivity contribution in [3.63, 3.8) is 0 Å². The van der Waals surface area contributed by atoms with Crippen molar-refractivity contribution in [3.8, 4) is 0 Å². The molecule has 0 aromatic carbocycles. The zero-order valence-corrected chi connectivity index (χ0v) is 9.44. The molecule has 14 heavy (non-hydrogen) atoms. The van der Waals surface area contributed by atoms with E-state index in [0.717, 1.165) is 17.7 Å². The summed E-state index contributed by atoms with van der Waals surface area (Å²) < 4.78 is 5.22. The lowest BCUT2D eigenvalue weighted by Crippen LogP contribution is -1.93. The maximum Gasteiger partial charge on any atom is 0.105 e. The Morgan fingerprint density at radius 1 is 1.50 bits per heavy atom. The smallest absolute Gasteiger partial charge is 0.105 e. The van der Waals surface area contributed by atoms with E-state index in [9.17, 15) is 0 Å². The summed E-state index contributed by atoms with van der Waals surface area (Å²) in [4.78, 5) is 1.31. The molecule has 0 radical (unpaired) electrons. The van der Waals surface area contributed by atoms with Gasteiger partial charge in [0.15, 0.2) is 0 Å². The number of halogens is 1. The molecule has 1 atom stereocenters. The molecule has 0 aliphatic carbocycles. The van der Waals surface area contributed by atoms with E-state index in [4.69, 9.17) is 16.0 Å². The Labute approximate surface area is 92.3 Å². The van der Waals surface area contributed by atoms with Crippen LogP contribution in [0.4, 0.5) is 0 Å². The summed E-state index contributed by atoms with van der Waals surface area (Å²) in [6.45, 7) is 1.94. The molecule has 0 spiro atoms. The molecule has 3 heteroatoms. The van der Waals surface area contributed by atoms with Crippen molar-refractivity contribution < 1.29 is 4.42 Å². The molecule has 0 saturated carbocycles. The normalized spacial score (nSPS) is 13.0. The van der Waals surface area contributed by atoms with Gasteiger partial charge in [-0.3, -0.25) is 0 Å². The summed E-state index contributed by atoms with van der Waals surface area (Å²) in [5.74, 6) is 0.918. The monoisotopic (exact) mass is 226 g/mol.